The van der Waals surface area contributed by atoms with Gasteiger partial charge in [-0.2, -0.15) is 5.10 Å². The van der Waals surface area contributed by atoms with E-state index >= 15 is 0 Å². The molecule has 2 N–H and O–H groups in total. The Kier molecular flexibility index (Phi) is 8.70. The lowest BCUT2D eigenvalue weighted by atomic mass is 10.2. The average Bonchev–Trinajstić information content (AvgIpc) is 2.85. The summed E-state index contributed by atoms with van der Waals surface area (Å²) in [6.45, 7) is 0. The molecule has 8 nitrogen and oxygen atoms in total. The number of hydrogen-bond acceptors (Lipinski definition) is 6. The van der Waals surface area contributed by atoms with Crippen LogP contribution < -0.4 is 20.2 Å². The molecule has 0 saturated heterocycles. The minimum Gasteiger partial charge on any atom is -0.495 e. The van der Waals surface area contributed by atoms with E-state index in [-0.39, 0.29) is 5.75 Å². The van der Waals surface area contributed by atoms with E-state index in [0.29, 0.717) is 21.5 Å². The number of methoxy groups -OCH3 is 1. The molecule has 0 spiro atoms. The number of ether oxygens (including phenoxy) is 2. The highest BCUT2D eigenvalue weighted by atomic mass is 79.9. The Morgan fingerprint density at radius 3 is 2.41 bits per heavy atom. The van der Waals surface area contributed by atoms with Crippen LogP contribution in [0.3, 0.4) is 0 Å². The van der Waals surface area contributed by atoms with Gasteiger partial charge in [0.2, 0.25) is 0 Å². The molecule has 0 atom stereocenters. The van der Waals surface area contributed by atoms with Crippen LogP contribution in [0, 0.1) is 0 Å². The molecule has 0 unspecified atom stereocenters. The molecule has 0 aliphatic carbocycles. The zero-order chi connectivity index (χ0) is 24.3. The van der Waals surface area contributed by atoms with Gasteiger partial charge in [-0.25, -0.2) is 10.2 Å². The van der Waals surface area contributed by atoms with Crippen molar-refractivity contribution in [3.05, 3.63) is 94.5 Å². The van der Waals surface area contributed by atoms with Crippen LogP contribution >= 0.6 is 15.9 Å². The van der Waals surface area contributed by atoms with Gasteiger partial charge in [0.15, 0.2) is 0 Å². The summed E-state index contributed by atoms with van der Waals surface area (Å²) in [5.41, 5.74) is 3.75. The number of carbonyl (C=O) groups is 3. The van der Waals surface area contributed by atoms with Crippen LogP contribution in [0.1, 0.15) is 11.1 Å². The van der Waals surface area contributed by atoms with E-state index in [4.69, 9.17) is 9.47 Å². The number of anilines is 1. The van der Waals surface area contributed by atoms with Crippen molar-refractivity contribution in [1.29, 1.82) is 0 Å². The van der Waals surface area contributed by atoms with Gasteiger partial charge in [0, 0.05) is 16.1 Å². The van der Waals surface area contributed by atoms with Gasteiger partial charge in [-0.15, -0.1) is 0 Å². The van der Waals surface area contributed by atoms with Gasteiger partial charge in [-0.1, -0.05) is 58.4 Å². The van der Waals surface area contributed by atoms with Gasteiger partial charge in [0.1, 0.15) is 11.5 Å². The minimum atomic E-state index is -0.985. The van der Waals surface area contributed by atoms with Gasteiger partial charge in [-0.05, 0) is 42.0 Å². The monoisotopic (exact) mass is 521 g/mol. The van der Waals surface area contributed by atoms with E-state index in [2.05, 4.69) is 31.8 Å². The van der Waals surface area contributed by atoms with Gasteiger partial charge >= 0.3 is 17.8 Å². The molecule has 2 amide bonds. The number of esters is 1. The first-order chi connectivity index (χ1) is 16.5. The first kappa shape index (κ1) is 24.4. The number of carbonyl (C=O) groups excluding carboxylic acids is 3. The summed E-state index contributed by atoms with van der Waals surface area (Å²) in [5, 5.41) is 6.25. The third kappa shape index (κ3) is 7.14. The standard InChI is InChI=1S/C25H20BrN3O5/c1-33-22-10-6-5-9-20(22)28-24(31)25(32)29-27-16-18-15-19(26)12-13-21(18)34-23(30)14-11-17-7-3-2-4-8-17/h2-16H,1H3,(H,28,31)(H,29,32). The quantitative estimate of drug-likeness (QED) is 0.121. The number of amides is 2. The Hall–Kier alpha value is -4.24. The van der Waals surface area contributed by atoms with Crippen LogP contribution in [-0.4, -0.2) is 31.1 Å². The molecular weight excluding hydrogens is 502 g/mol. The van der Waals surface area contributed by atoms with E-state index in [1.165, 1.54) is 19.4 Å². The normalized spacial score (nSPS) is 10.8. The smallest absolute Gasteiger partial charge is 0.336 e. The summed E-state index contributed by atoms with van der Waals surface area (Å²) >= 11 is 3.34. The predicted octanol–water partition coefficient (Wildman–Crippen LogP) is 4.17. The van der Waals surface area contributed by atoms with Crippen molar-refractivity contribution < 1.29 is 23.9 Å². The Morgan fingerprint density at radius 2 is 1.65 bits per heavy atom. The fraction of sp³-hybridized carbons (Fsp3) is 0.0400. The van der Waals surface area contributed by atoms with Crippen LogP contribution in [0.4, 0.5) is 5.69 Å². The van der Waals surface area contributed by atoms with Crippen molar-refractivity contribution in [2.75, 3.05) is 12.4 Å². The maximum absolute atomic E-state index is 12.2. The zero-order valence-electron chi connectivity index (χ0n) is 18.0. The van der Waals surface area contributed by atoms with Gasteiger partial charge < -0.3 is 14.8 Å². The van der Waals surface area contributed by atoms with Gasteiger partial charge in [-0.3, -0.25) is 9.59 Å². The molecule has 0 aromatic heterocycles. The number of nitrogens with one attached hydrogen (secondary N) is 2. The molecule has 0 aliphatic heterocycles. The molecule has 9 heteroatoms. The van der Waals surface area contributed by atoms with E-state index in [9.17, 15) is 14.4 Å². The van der Waals surface area contributed by atoms with Crippen LogP contribution in [0.15, 0.2) is 88.4 Å². The Labute approximate surface area is 204 Å². The molecule has 3 aromatic carbocycles. The van der Waals surface area contributed by atoms with E-state index in [1.54, 1.807) is 48.5 Å². The van der Waals surface area contributed by atoms with Crippen molar-refractivity contribution in [3.8, 4) is 11.5 Å². The maximum atomic E-state index is 12.2. The molecule has 0 radical (unpaired) electrons. The Morgan fingerprint density at radius 1 is 0.912 bits per heavy atom. The highest BCUT2D eigenvalue weighted by molar-refractivity contribution is 9.10. The van der Waals surface area contributed by atoms with Crippen molar-refractivity contribution in [1.82, 2.24) is 5.43 Å². The van der Waals surface area contributed by atoms with E-state index < -0.39 is 17.8 Å². The number of benzene rings is 3. The van der Waals surface area contributed by atoms with E-state index in [0.717, 1.165) is 5.56 Å². The summed E-state index contributed by atoms with van der Waals surface area (Å²) in [6, 6.07) is 20.9. The molecule has 3 aromatic rings. The summed E-state index contributed by atoms with van der Waals surface area (Å²) < 4.78 is 11.2. The van der Waals surface area contributed by atoms with Crippen LogP contribution in [0.25, 0.3) is 6.08 Å². The summed E-state index contributed by atoms with van der Waals surface area (Å²) in [4.78, 5) is 36.5. The second kappa shape index (κ2) is 12.1. The molecule has 34 heavy (non-hydrogen) atoms. The number of para-hydroxylation sites is 2. The summed E-state index contributed by atoms with van der Waals surface area (Å²) in [7, 11) is 1.45. The molecule has 0 aliphatic rings. The lowest BCUT2D eigenvalue weighted by molar-refractivity contribution is -0.136. The predicted molar refractivity (Wildman–Crippen MR) is 133 cm³/mol. The Bertz CT molecular complexity index is 1240. The van der Waals surface area contributed by atoms with Gasteiger partial charge in [0.05, 0.1) is 19.0 Å². The minimum absolute atomic E-state index is 0.224. The summed E-state index contributed by atoms with van der Waals surface area (Å²) in [5.74, 6) is -1.85. The van der Waals surface area contributed by atoms with Crippen molar-refractivity contribution in [3.63, 3.8) is 0 Å². The fourth-order valence-electron chi connectivity index (χ4n) is 2.72. The molecule has 0 bridgehead atoms. The maximum Gasteiger partial charge on any atom is 0.336 e. The zero-order valence-corrected chi connectivity index (χ0v) is 19.6. The molecule has 172 valence electrons. The third-order valence-corrected chi connectivity index (χ3v) is 4.82. The van der Waals surface area contributed by atoms with Crippen molar-refractivity contribution in [2.45, 2.75) is 0 Å². The highest BCUT2D eigenvalue weighted by Gasteiger charge is 2.15. The third-order valence-electron chi connectivity index (χ3n) is 4.32. The average molecular weight is 522 g/mol. The van der Waals surface area contributed by atoms with Crippen LogP contribution in [0.2, 0.25) is 0 Å². The fourth-order valence-corrected chi connectivity index (χ4v) is 3.10. The second-order valence-corrected chi connectivity index (χ2v) is 7.62. The number of nitrogens with zero attached hydrogens (tertiary/aromatic N) is 1. The first-order valence-corrected chi connectivity index (χ1v) is 10.8. The Balaban J connectivity index is 1.63. The first-order valence-electron chi connectivity index (χ1n) is 9.98. The van der Waals surface area contributed by atoms with Crippen LogP contribution in [-0.2, 0) is 14.4 Å². The number of hydrazone groups is 1. The van der Waals surface area contributed by atoms with Gasteiger partial charge in [0.25, 0.3) is 0 Å². The number of hydrogen-bond donors (Lipinski definition) is 2. The number of halogens is 1. The summed E-state index contributed by atoms with van der Waals surface area (Å²) in [6.07, 6.45) is 4.21. The molecular formula is C25H20BrN3O5. The topological polar surface area (TPSA) is 106 Å². The van der Waals surface area contributed by atoms with Crippen molar-refractivity contribution in [2.24, 2.45) is 5.10 Å². The number of rotatable bonds is 7. The van der Waals surface area contributed by atoms with Crippen molar-refractivity contribution >= 4 is 51.7 Å². The van der Waals surface area contributed by atoms with E-state index in [1.807, 2.05) is 30.3 Å². The molecule has 3 rings (SSSR count). The molecule has 0 fully saturated rings. The van der Waals surface area contributed by atoms with Crippen LogP contribution in [0.5, 0.6) is 11.5 Å². The SMILES string of the molecule is COc1ccccc1NC(=O)C(=O)NN=Cc1cc(Br)ccc1OC(=O)C=Cc1ccccc1. The second-order valence-electron chi connectivity index (χ2n) is 6.70. The molecule has 0 heterocycles. The lowest BCUT2D eigenvalue weighted by Gasteiger charge is -2.09. The highest BCUT2D eigenvalue weighted by Crippen LogP contribution is 2.23. The largest absolute Gasteiger partial charge is 0.495 e. The molecule has 0 saturated carbocycles. The lowest BCUT2D eigenvalue weighted by Crippen LogP contribution is -2.32.